The Hall–Kier alpha value is -1.82. The molecule has 0 atom stereocenters. The average Bonchev–Trinajstić information content (AvgIpc) is 2.39. The van der Waals surface area contributed by atoms with E-state index in [1.807, 2.05) is 7.05 Å². The summed E-state index contributed by atoms with van der Waals surface area (Å²) in [5.74, 6) is -0.294. The topological polar surface area (TPSA) is 59.6 Å². The maximum Gasteiger partial charge on any atom is 0.224 e. The van der Waals surface area contributed by atoms with Gasteiger partial charge in [-0.1, -0.05) is 0 Å². The molecule has 0 radical (unpaired) electrons. The Bertz CT molecular complexity index is 438. The van der Waals surface area contributed by atoms with E-state index in [-0.39, 0.29) is 11.7 Å². The number of carbonyl (C=O) groups excluding carboxylic acids is 1. The first-order chi connectivity index (χ1) is 9.12. The van der Waals surface area contributed by atoms with Gasteiger partial charge < -0.3 is 20.1 Å². The van der Waals surface area contributed by atoms with Crippen LogP contribution in [0.15, 0.2) is 12.1 Å². The summed E-state index contributed by atoms with van der Waals surface area (Å²) in [5.41, 5.74) is 0.301. The number of nitrogens with one attached hydrogen (secondary N) is 2. The van der Waals surface area contributed by atoms with E-state index in [1.165, 1.54) is 26.4 Å². The second-order valence-corrected chi connectivity index (χ2v) is 3.94. The van der Waals surface area contributed by atoms with Crippen molar-refractivity contribution in [1.29, 1.82) is 0 Å². The molecular weight excluding hydrogens is 251 g/mol. The highest BCUT2D eigenvalue weighted by Crippen LogP contribution is 2.31. The quantitative estimate of drug-likeness (QED) is 0.741. The first-order valence-electron chi connectivity index (χ1n) is 5.98. The Kier molecular flexibility index (Phi) is 6.08. The zero-order valence-corrected chi connectivity index (χ0v) is 11.4. The van der Waals surface area contributed by atoms with E-state index in [0.29, 0.717) is 24.3 Å². The van der Waals surface area contributed by atoms with Gasteiger partial charge in [-0.3, -0.25) is 4.79 Å². The minimum Gasteiger partial charge on any atom is -0.494 e. The second-order valence-electron chi connectivity index (χ2n) is 3.94. The Balaban J connectivity index is 2.76. The van der Waals surface area contributed by atoms with E-state index in [1.54, 1.807) is 0 Å². The molecule has 1 rings (SSSR count). The van der Waals surface area contributed by atoms with E-state index in [2.05, 4.69) is 10.6 Å². The molecule has 0 unspecified atom stereocenters. The summed E-state index contributed by atoms with van der Waals surface area (Å²) in [6, 6.07) is 2.59. The maximum atomic E-state index is 13.6. The molecule has 2 N–H and O–H groups in total. The van der Waals surface area contributed by atoms with Crippen molar-refractivity contribution in [2.45, 2.75) is 12.8 Å². The molecule has 1 amide bonds. The van der Waals surface area contributed by atoms with Crippen LogP contribution in [0.4, 0.5) is 10.1 Å². The van der Waals surface area contributed by atoms with Gasteiger partial charge in [0.25, 0.3) is 0 Å². The third-order valence-corrected chi connectivity index (χ3v) is 2.58. The van der Waals surface area contributed by atoms with Crippen molar-refractivity contribution in [3.8, 4) is 11.5 Å². The lowest BCUT2D eigenvalue weighted by molar-refractivity contribution is -0.116. The van der Waals surface area contributed by atoms with E-state index < -0.39 is 5.82 Å². The van der Waals surface area contributed by atoms with Gasteiger partial charge in [0, 0.05) is 18.6 Å². The summed E-state index contributed by atoms with van der Waals surface area (Å²) >= 11 is 0. The summed E-state index contributed by atoms with van der Waals surface area (Å²) in [7, 11) is 4.64. The van der Waals surface area contributed by atoms with Crippen LogP contribution in [-0.2, 0) is 4.79 Å². The SMILES string of the molecule is CNCCCC(=O)Nc1cc(F)c(OC)cc1OC. The molecule has 0 saturated carbocycles. The Morgan fingerprint density at radius 3 is 2.53 bits per heavy atom. The number of rotatable bonds is 7. The molecule has 0 bridgehead atoms. The number of benzene rings is 1. The lowest BCUT2D eigenvalue weighted by Crippen LogP contribution is -2.15. The van der Waals surface area contributed by atoms with Crippen LogP contribution in [0.5, 0.6) is 11.5 Å². The molecule has 0 aliphatic rings. The largest absolute Gasteiger partial charge is 0.494 e. The minimum atomic E-state index is -0.547. The van der Waals surface area contributed by atoms with Gasteiger partial charge in [0.05, 0.1) is 19.9 Å². The molecule has 1 aromatic rings. The number of halogens is 1. The van der Waals surface area contributed by atoms with Crippen molar-refractivity contribution in [2.24, 2.45) is 0 Å². The van der Waals surface area contributed by atoms with Crippen LogP contribution in [-0.4, -0.2) is 33.7 Å². The van der Waals surface area contributed by atoms with Crippen molar-refractivity contribution in [3.05, 3.63) is 17.9 Å². The Morgan fingerprint density at radius 2 is 1.95 bits per heavy atom. The van der Waals surface area contributed by atoms with Crippen LogP contribution in [0.25, 0.3) is 0 Å². The van der Waals surface area contributed by atoms with Gasteiger partial charge in [0.15, 0.2) is 11.6 Å². The fourth-order valence-corrected chi connectivity index (χ4v) is 1.60. The van der Waals surface area contributed by atoms with Gasteiger partial charge in [-0.15, -0.1) is 0 Å². The fraction of sp³-hybridized carbons (Fsp3) is 0.462. The fourth-order valence-electron chi connectivity index (χ4n) is 1.60. The van der Waals surface area contributed by atoms with E-state index in [0.717, 1.165) is 6.54 Å². The van der Waals surface area contributed by atoms with Crippen molar-refractivity contribution in [2.75, 3.05) is 33.1 Å². The van der Waals surface area contributed by atoms with E-state index in [4.69, 9.17) is 9.47 Å². The van der Waals surface area contributed by atoms with Gasteiger partial charge in [0.1, 0.15) is 5.75 Å². The van der Waals surface area contributed by atoms with Crippen LogP contribution in [0.1, 0.15) is 12.8 Å². The van der Waals surface area contributed by atoms with Gasteiger partial charge in [0.2, 0.25) is 5.91 Å². The lowest BCUT2D eigenvalue weighted by Gasteiger charge is -2.12. The summed E-state index contributed by atoms with van der Waals surface area (Å²) in [6.45, 7) is 0.752. The van der Waals surface area contributed by atoms with Crippen LogP contribution in [0.2, 0.25) is 0 Å². The Morgan fingerprint density at radius 1 is 1.26 bits per heavy atom. The number of methoxy groups -OCH3 is 2. The number of amides is 1. The molecule has 6 heteroatoms. The highest BCUT2D eigenvalue weighted by atomic mass is 19.1. The number of hydrogen-bond donors (Lipinski definition) is 2. The van der Waals surface area contributed by atoms with E-state index >= 15 is 0 Å². The minimum absolute atomic E-state index is 0.0741. The first-order valence-corrected chi connectivity index (χ1v) is 5.98. The van der Waals surface area contributed by atoms with Crippen LogP contribution in [0.3, 0.4) is 0 Å². The van der Waals surface area contributed by atoms with Gasteiger partial charge in [-0.05, 0) is 20.0 Å². The summed E-state index contributed by atoms with van der Waals surface area (Å²) in [6.07, 6.45) is 1.07. The molecule has 0 fully saturated rings. The zero-order valence-electron chi connectivity index (χ0n) is 11.4. The Labute approximate surface area is 112 Å². The smallest absolute Gasteiger partial charge is 0.224 e. The first kappa shape index (κ1) is 15.2. The molecule has 5 nitrogen and oxygen atoms in total. The molecule has 0 saturated heterocycles. The third kappa shape index (κ3) is 4.40. The molecular formula is C13H19FN2O3. The second kappa shape index (κ2) is 7.58. The molecule has 19 heavy (non-hydrogen) atoms. The summed E-state index contributed by atoms with van der Waals surface area (Å²) < 4.78 is 23.5. The highest BCUT2D eigenvalue weighted by molar-refractivity contribution is 5.92. The molecule has 0 aliphatic heterocycles. The summed E-state index contributed by atoms with van der Waals surface area (Å²) in [4.78, 5) is 11.7. The normalized spacial score (nSPS) is 10.1. The number of hydrogen-bond acceptors (Lipinski definition) is 4. The predicted octanol–water partition coefficient (Wildman–Crippen LogP) is 1.78. The standard InChI is InChI=1S/C13H19FN2O3/c1-15-6-4-5-13(17)16-10-7-9(14)11(18-2)8-12(10)19-3/h7-8,15H,4-6H2,1-3H3,(H,16,17). The van der Waals surface area contributed by atoms with Gasteiger partial charge >= 0.3 is 0 Å². The molecule has 1 aromatic carbocycles. The van der Waals surface area contributed by atoms with Gasteiger partial charge in [-0.2, -0.15) is 0 Å². The average molecular weight is 270 g/mol. The van der Waals surface area contributed by atoms with Gasteiger partial charge in [-0.25, -0.2) is 4.39 Å². The van der Waals surface area contributed by atoms with Crippen molar-refractivity contribution in [1.82, 2.24) is 5.32 Å². The van der Waals surface area contributed by atoms with E-state index in [9.17, 15) is 9.18 Å². The molecule has 0 aromatic heterocycles. The zero-order chi connectivity index (χ0) is 14.3. The van der Waals surface area contributed by atoms with Crippen molar-refractivity contribution >= 4 is 11.6 Å². The monoisotopic (exact) mass is 270 g/mol. The number of ether oxygens (including phenoxy) is 2. The molecule has 0 spiro atoms. The highest BCUT2D eigenvalue weighted by Gasteiger charge is 2.13. The van der Waals surface area contributed by atoms with Crippen molar-refractivity contribution < 1.29 is 18.7 Å². The lowest BCUT2D eigenvalue weighted by atomic mass is 10.2. The molecule has 106 valence electrons. The molecule has 0 aliphatic carbocycles. The summed E-state index contributed by atoms with van der Waals surface area (Å²) in [5, 5.41) is 5.58. The predicted molar refractivity (Wildman–Crippen MR) is 71.3 cm³/mol. The maximum absolute atomic E-state index is 13.6. The van der Waals surface area contributed by atoms with Crippen LogP contribution < -0.4 is 20.1 Å². The van der Waals surface area contributed by atoms with Crippen LogP contribution >= 0.6 is 0 Å². The third-order valence-electron chi connectivity index (χ3n) is 2.58. The van der Waals surface area contributed by atoms with Crippen molar-refractivity contribution in [3.63, 3.8) is 0 Å². The molecule has 0 heterocycles. The number of carbonyl (C=O) groups is 1. The number of anilines is 1. The van der Waals surface area contributed by atoms with Crippen LogP contribution in [0, 0.1) is 5.82 Å².